The van der Waals surface area contributed by atoms with Crippen molar-refractivity contribution in [2.75, 3.05) is 19.8 Å². The van der Waals surface area contributed by atoms with Crippen molar-refractivity contribution in [3.63, 3.8) is 0 Å². The van der Waals surface area contributed by atoms with Crippen LogP contribution in [0.1, 0.15) is 43.4 Å². The molecule has 1 N–H and O–H groups in total. The third-order valence-corrected chi connectivity index (χ3v) is 4.22. The standard InChI is InChI=1S/C16H24ClNO/c1-3-18-16(11-13-6-8-19-9-7-13)14-5-4-12(2)10-15(14)17/h4-5,10,13,16,18H,3,6-9,11H2,1-2H3. The number of hydrogen-bond acceptors (Lipinski definition) is 2. The van der Waals surface area contributed by atoms with Gasteiger partial charge in [-0.1, -0.05) is 30.7 Å². The van der Waals surface area contributed by atoms with Gasteiger partial charge in [-0.3, -0.25) is 0 Å². The second kappa shape index (κ2) is 7.28. The van der Waals surface area contributed by atoms with Crippen molar-refractivity contribution in [2.45, 2.75) is 39.2 Å². The van der Waals surface area contributed by atoms with Gasteiger partial charge in [-0.15, -0.1) is 0 Å². The van der Waals surface area contributed by atoms with E-state index < -0.39 is 0 Å². The quantitative estimate of drug-likeness (QED) is 0.877. The van der Waals surface area contributed by atoms with Gasteiger partial charge in [0.25, 0.3) is 0 Å². The van der Waals surface area contributed by atoms with Crippen LogP contribution in [0.3, 0.4) is 0 Å². The Labute approximate surface area is 121 Å². The summed E-state index contributed by atoms with van der Waals surface area (Å²) in [6.45, 7) is 7.02. The molecule has 1 aromatic carbocycles. The van der Waals surface area contributed by atoms with Crippen molar-refractivity contribution in [1.82, 2.24) is 5.32 Å². The molecule has 1 aliphatic rings. The molecule has 1 unspecified atom stereocenters. The molecule has 106 valence electrons. The topological polar surface area (TPSA) is 21.3 Å². The van der Waals surface area contributed by atoms with Crippen molar-refractivity contribution in [3.8, 4) is 0 Å². The van der Waals surface area contributed by atoms with Gasteiger partial charge in [0.05, 0.1) is 0 Å². The third kappa shape index (κ3) is 4.20. The molecule has 2 rings (SSSR count). The summed E-state index contributed by atoms with van der Waals surface area (Å²) in [6.07, 6.45) is 3.50. The summed E-state index contributed by atoms with van der Waals surface area (Å²) in [6, 6.07) is 6.74. The molecule has 0 spiro atoms. The van der Waals surface area contributed by atoms with Crippen LogP contribution in [0, 0.1) is 12.8 Å². The first-order valence-electron chi connectivity index (χ1n) is 7.28. The smallest absolute Gasteiger partial charge is 0.0468 e. The molecule has 0 bridgehead atoms. The fraction of sp³-hybridized carbons (Fsp3) is 0.625. The fourth-order valence-electron chi connectivity index (χ4n) is 2.80. The molecule has 0 aliphatic carbocycles. The summed E-state index contributed by atoms with van der Waals surface area (Å²) >= 11 is 6.41. The maximum atomic E-state index is 6.41. The van der Waals surface area contributed by atoms with E-state index in [4.69, 9.17) is 16.3 Å². The lowest BCUT2D eigenvalue weighted by Gasteiger charge is -2.28. The molecule has 3 heteroatoms. The zero-order valence-corrected chi connectivity index (χ0v) is 12.7. The minimum atomic E-state index is 0.362. The van der Waals surface area contributed by atoms with Crippen molar-refractivity contribution < 1.29 is 4.74 Å². The Morgan fingerprint density at radius 1 is 1.37 bits per heavy atom. The predicted molar refractivity (Wildman–Crippen MR) is 80.8 cm³/mol. The first-order valence-corrected chi connectivity index (χ1v) is 7.65. The van der Waals surface area contributed by atoms with Gasteiger partial charge in [-0.25, -0.2) is 0 Å². The third-order valence-electron chi connectivity index (χ3n) is 3.89. The van der Waals surface area contributed by atoms with E-state index in [1.165, 1.54) is 24.0 Å². The van der Waals surface area contributed by atoms with Gasteiger partial charge in [0, 0.05) is 24.3 Å². The highest BCUT2D eigenvalue weighted by Gasteiger charge is 2.21. The van der Waals surface area contributed by atoms with E-state index >= 15 is 0 Å². The van der Waals surface area contributed by atoms with Gasteiger partial charge >= 0.3 is 0 Å². The van der Waals surface area contributed by atoms with Crippen LogP contribution in [0.5, 0.6) is 0 Å². The first kappa shape index (κ1) is 14.8. The van der Waals surface area contributed by atoms with E-state index in [1.807, 2.05) is 0 Å². The Kier molecular flexibility index (Phi) is 5.68. The fourth-order valence-corrected chi connectivity index (χ4v) is 3.16. The van der Waals surface area contributed by atoms with E-state index in [1.54, 1.807) is 0 Å². The van der Waals surface area contributed by atoms with Gasteiger partial charge in [-0.05, 0) is 55.8 Å². The molecule has 0 aromatic heterocycles. The number of ether oxygens (including phenoxy) is 1. The second-order valence-electron chi connectivity index (χ2n) is 5.43. The summed E-state index contributed by atoms with van der Waals surface area (Å²) < 4.78 is 5.44. The average Bonchev–Trinajstić information content (AvgIpc) is 2.39. The molecule has 1 heterocycles. The number of aryl methyl sites for hydroxylation is 1. The van der Waals surface area contributed by atoms with Crippen molar-refractivity contribution in [1.29, 1.82) is 0 Å². The molecule has 0 radical (unpaired) electrons. The molecule has 1 aliphatic heterocycles. The van der Waals surface area contributed by atoms with Gasteiger partial charge in [-0.2, -0.15) is 0 Å². The van der Waals surface area contributed by atoms with E-state index in [2.05, 4.69) is 37.4 Å². The Morgan fingerprint density at radius 2 is 2.11 bits per heavy atom. The summed E-state index contributed by atoms with van der Waals surface area (Å²) in [5.74, 6) is 0.746. The van der Waals surface area contributed by atoms with E-state index in [-0.39, 0.29) is 0 Å². The monoisotopic (exact) mass is 281 g/mol. The molecule has 1 aromatic rings. The number of rotatable bonds is 5. The largest absolute Gasteiger partial charge is 0.381 e. The summed E-state index contributed by atoms with van der Waals surface area (Å²) in [5.41, 5.74) is 2.45. The SMILES string of the molecule is CCNC(CC1CCOCC1)c1ccc(C)cc1Cl. The van der Waals surface area contributed by atoms with Gasteiger partial charge in [0.1, 0.15) is 0 Å². The lowest BCUT2D eigenvalue weighted by atomic mass is 9.89. The van der Waals surface area contributed by atoms with Crippen LogP contribution in [0.2, 0.25) is 5.02 Å². The molecule has 1 fully saturated rings. The van der Waals surface area contributed by atoms with Gasteiger partial charge < -0.3 is 10.1 Å². The minimum absolute atomic E-state index is 0.362. The Bertz CT molecular complexity index is 402. The van der Waals surface area contributed by atoms with Crippen molar-refractivity contribution in [2.24, 2.45) is 5.92 Å². The molecule has 2 nitrogen and oxygen atoms in total. The highest BCUT2D eigenvalue weighted by Crippen LogP contribution is 2.31. The van der Waals surface area contributed by atoms with Crippen LogP contribution in [0.15, 0.2) is 18.2 Å². The highest BCUT2D eigenvalue weighted by atomic mass is 35.5. The van der Waals surface area contributed by atoms with E-state index in [9.17, 15) is 0 Å². The number of halogens is 1. The number of nitrogens with one attached hydrogen (secondary N) is 1. The van der Waals surface area contributed by atoms with Crippen molar-refractivity contribution in [3.05, 3.63) is 34.3 Å². The van der Waals surface area contributed by atoms with Crippen LogP contribution >= 0.6 is 11.6 Å². The Balaban J connectivity index is 2.09. The minimum Gasteiger partial charge on any atom is -0.381 e. The normalized spacial score (nSPS) is 18.5. The number of hydrogen-bond donors (Lipinski definition) is 1. The lowest BCUT2D eigenvalue weighted by molar-refractivity contribution is 0.0606. The second-order valence-corrected chi connectivity index (χ2v) is 5.83. The highest BCUT2D eigenvalue weighted by molar-refractivity contribution is 6.31. The Hall–Kier alpha value is -0.570. The van der Waals surface area contributed by atoms with Crippen LogP contribution < -0.4 is 5.32 Å². The zero-order valence-electron chi connectivity index (χ0n) is 11.9. The first-order chi connectivity index (χ1) is 9.20. The molecule has 0 saturated carbocycles. The lowest BCUT2D eigenvalue weighted by Crippen LogP contribution is -2.26. The maximum absolute atomic E-state index is 6.41. The molecule has 0 amide bonds. The van der Waals surface area contributed by atoms with Crippen LogP contribution in [-0.4, -0.2) is 19.8 Å². The predicted octanol–water partition coefficient (Wildman–Crippen LogP) is 4.12. The average molecular weight is 282 g/mol. The van der Waals surface area contributed by atoms with Crippen LogP contribution in [0.4, 0.5) is 0 Å². The zero-order chi connectivity index (χ0) is 13.7. The van der Waals surface area contributed by atoms with Crippen LogP contribution in [-0.2, 0) is 4.74 Å². The van der Waals surface area contributed by atoms with Crippen LogP contribution in [0.25, 0.3) is 0 Å². The number of benzene rings is 1. The summed E-state index contributed by atoms with van der Waals surface area (Å²) in [4.78, 5) is 0. The molecule has 1 atom stereocenters. The molecular weight excluding hydrogens is 258 g/mol. The molecule has 19 heavy (non-hydrogen) atoms. The van der Waals surface area contributed by atoms with Gasteiger partial charge in [0.15, 0.2) is 0 Å². The van der Waals surface area contributed by atoms with Gasteiger partial charge in [0.2, 0.25) is 0 Å². The van der Waals surface area contributed by atoms with Crippen molar-refractivity contribution >= 4 is 11.6 Å². The van der Waals surface area contributed by atoms with E-state index in [0.717, 1.165) is 37.1 Å². The summed E-state index contributed by atoms with van der Waals surface area (Å²) in [5, 5.41) is 4.47. The van der Waals surface area contributed by atoms with E-state index in [0.29, 0.717) is 6.04 Å². The summed E-state index contributed by atoms with van der Waals surface area (Å²) in [7, 11) is 0. The molecule has 1 saturated heterocycles. The maximum Gasteiger partial charge on any atom is 0.0468 e. The Morgan fingerprint density at radius 3 is 2.74 bits per heavy atom. The molecular formula is C16H24ClNO.